The van der Waals surface area contributed by atoms with Crippen LogP contribution in [-0.4, -0.2) is 6.36 Å². The smallest absolute Gasteiger partial charge is 0.454 e. The largest absolute Gasteiger partial charge is 0.573 e. The van der Waals surface area contributed by atoms with E-state index in [0.29, 0.717) is 36.8 Å². The Hall–Kier alpha value is -2.52. The molecule has 0 spiro atoms. The van der Waals surface area contributed by atoms with Crippen LogP contribution in [0.1, 0.15) is 89.0 Å². The minimum atomic E-state index is -5.36. The Kier molecular flexibility index (Phi) is 9.32. The molecule has 2 aliphatic rings. The van der Waals surface area contributed by atoms with Gasteiger partial charge in [0.15, 0.2) is 34.8 Å². The molecular weight excluding hydrogens is 532 g/mol. The van der Waals surface area contributed by atoms with E-state index in [-0.39, 0.29) is 0 Å². The van der Waals surface area contributed by atoms with E-state index in [2.05, 4.69) is 11.7 Å². The highest BCUT2D eigenvalue weighted by Gasteiger charge is 2.36. The van der Waals surface area contributed by atoms with E-state index >= 15 is 0 Å². The fourth-order valence-electron chi connectivity index (χ4n) is 6.26. The van der Waals surface area contributed by atoms with Crippen molar-refractivity contribution in [1.82, 2.24) is 0 Å². The summed E-state index contributed by atoms with van der Waals surface area (Å²) in [7, 11) is 0. The number of halogens is 8. The Bertz CT molecular complexity index is 1110. The van der Waals surface area contributed by atoms with E-state index in [4.69, 9.17) is 4.74 Å². The zero-order valence-corrected chi connectivity index (χ0v) is 21.6. The van der Waals surface area contributed by atoms with Crippen LogP contribution in [0.2, 0.25) is 0 Å². The first-order valence-electron chi connectivity index (χ1n) is 13.5. The molecule has 0 heterocycles. The standard InChI is InChI=1S/C29H31F8O2/c1-2-3-4-16-5-7-17(8-6-16)18-9-11-19(12-10-18)25-26(34)21(30)15-24(33)28(25)38-20-13-22(31)27(23(32)14-20)39-29(35,36)37/h13-14,16-19H,2-12H2,1H3/t16-,17-,18-,19-. The summed E-state index contributed by atoms with van der Waals surface area (Å²) in [4.78, 5) is 0. The van der Waals surface area contributed by atoms with Gasteiger partial charge in [-0.25, -0.2) is 22.0 Å². The van der Waals surface area contributed by atoms with E-state index in [1.165, 1.54) is 32.1 Å². The van der Waals surface area contributed by atoms with E-state index in [1.807, 2.05) is 0 Å². The maximum absolute atomic E-state index is 15.0. The number of hydrogen-bond donors (Lipinski definition) is 0. The summed E-state index contributed by atoms with van der Waals surface area (Å²) in [5.41, 5.74) is -0.401. The Morgan fingerprint density at radius 2 is 1.36 bits per heavy atom. The quantitative estimate of drug-likeness (QED) is 0.235. The van der Waals surface area contributed by atoms with Crippen LogP contribution in [-0.2, 0) is 0 Å². The molecule has 2 aromatic rings. The first-order chi connectivity index (χ1) is 18.5. The second-order valence-electron chi connectivity index (χ2n) is 10.7. The molecule has 10 heteroatoms. The maximum atomic E-state index is 15.0. The molecule has 2 fully saturated rings. The van der Waals surface area contributed by atoms with E-state index in [9.17, 15) is 35.1 Å². The van der Waals surface area contributed by atoms with Crippen molar-refractivity contribution < 1.29 is 44.6 Å². The molecule has 0 aliphatic heterocycles. The third kappa shape index (κ3) is 7.17. The lowest BCUT2D eigenvalue weighted by Crippen LogP contribution is -2.26. The van der Waals surface area contributed by atoms with E-state index in [1.54, 1.807) is 6.07 Å². The van der Waals surface area contributed by atoms with Crippen LogP contribution in [0.25, 0.3) is 0 Å². The van der Waals surface area contributed by atoms with Crippen LogP contribution in [0.15, 0.2) is 12.1 Å². The van der Waals surface area contributed by atoms with Crippen molar-refractivity contribution in [1.29, 1.82) is 0 Å². The predicted octanol–water partition coefficient (Wildman–Crippen LogP) is 10.1. The molecule has 215 valence electrons. The minimum Gasteiger partial charge on any atom is -0.454 e. The number of hydrogen-bond acceptors (Lipinski definition) is 2. The van der Waals surface area contributed by atoms with Crippen molar-refractivity contribution in [2.45, 2.75) is 89.8 Å². The molecule has 0 aromatic heterocycles. The molecular formula is C29H31F8O2. The number of rotatable bonds is 8. The van der Waals surface area contributed by atoms with Gasteiger partial charge >= 0.3 is 6.36 Å². The molecule has 0 saturated heterocycles. The normalized spacial score (nSPS) is 24.0. The minimum absolute atomic E-state index is 0.350. The summed E-state index contributed by atoms with van der Waals surface area (Å²) < 4.78 is 118. The maximum Gasteiger partial charge on any atom is 0.573 e. The van der Waals surface area contributed by atoms with Gasteiger partial charge in [0, 0.05) is 17.7 Å². The van der Waals surface area contributed by atoms with Gasteiger partial charge in [-0.15, -0.1) is 13.2 Å². The Balaban J connectivity index is 1.49. The third-order valence-electron chi connectivity index (χ3n) is 8.21. The number of alkyl halides is 3. The summed E-state index contributed by atoms with van der Waals surface area (Å²) in [5, 5.41) is 0. The SMILES string of the molecule is CCCC[C@H]1CC[C@H]([C@H]2CC[C@H](c3c(F)c(F)[c]c(F)c3Oc3cc(F)c(OC(F)(F)F)c(F)c3)CC2)CC1. The van der Waals surface area contributed by atoms with Crippen molar-refractivity contribution >= 4 is 0 Å². The van der Waals surface area contributed by atoms with Gasteiger partial charge in [0.2, 0.25) is 5.75 Å². The number of benzene rings is 2. The zero-order chi connectivity index (χ0) is 28.3. The fourth-order valence-corrected chi connectivity index (χ4v) is 6.26. The van der Waals surface area contributed by atoms with E-state index < -0.39 is 64.2 Å². The lowest BCUT2D eigenvalue weighted by molar-refractivity contribution is -0.276. The summed E-state index contributed by atoms with van der Waals surface area (Å²) in [5.74, 6) is -9.97. The Morgan fingerprint density at radius 1 is 0.795 bits per heavy atom. The molecule has 39 heavy (non-hydrogen) atoms. The molecule has 0 N–H and O–H groups in total. The molecule has 2 nitrogen and oxygen atoms in total. The topological polar surface area (TPSA) is 18.5 Å². The summed E-state index contributed by atoms with van der Waals surface area (Å²) in [6.07, 6.45) is 5.36. The average Bonchev–Trinajstić information content (AvgIpc) is 2.88. The highest BCUT2D eigenvalue weighted by Crippen LogP contribution is 2.48. The van der Waals surface area contributed by atoms with Gasteiger partial charge in [0.25, 0.3) is 0 Å². The summed E-state index contributed by atoms with van der Waals surface area (Å²) in [6.45, 7) is 2.19. The molecule has 2 saturated carbocycles. The van der Waals surface area contributed by atoms with Crippen LogP contribution in [0.3, 0.4) is 0 Å². The Morgan fingerprint density at radius 3 is 1.90 bits per heavy atom. The van der Waals surface area contributed by atoms with Crippen LogP contribution in [0.4, 0.5) is 35.1 Å². The number of ether oxygens (including phenoxy) is 2. The Labute approximate surface area is 222 Å². The molecule has 0 atom stereocenters. The van der Waals surface area contributed by atoms with Gasteiger partial charge in [-0.2, -0.15) is 0 Å². The van der Waals surface area contributed by atoms with Crippen LogP contribution in [0, 0.1) is 52.9 Å². The summed E-state index contributed by atoms with van der Waals surface area (Å²) in [6, 6.07) is 2.26. The highest BCUT2D eigenvalue weighted by molar-refractivity contribution is 5.44. The van der Waals surface area contributed by atoms with Gasteiger partial charge in [-0.05, 0) is 62.2 Å². The molecule has 0 unspecified atom stereocenters. The highest BCUT2D eigenvalue weighted by atomic mass is 19.4. The van der Waals surface area contributed by atoms with Crippen molar-refractivity contribution in [2.24, 2.45) is 17.8 Å². The van der Waals surface area contributed by atoms with Gasteiger partial charge in [-0.3, -0.25) is 0 Å². The molecule has 0 bridgehead atoms. The van der Waals surface area contributed by atoms with Crippen molar-refractivity contribution in [3.05, 3.63) is 52.8 Å². The lowest BCUT2D eigenvalue weighted by atomic mass is 9.68. The molecule has 4 rings (SSSR count). The zero-order valence-electron chi connectivity index (χ0n) is 21.6. The van der Waals surface area contributed by atoms with Crippen LogP contribution >= 0.6 is 0 Å². The third-order valence-corrected chi connectivity index (χ3v) is 8.21. The average molecular weight is 564 g/mol. The first kappa shape index (κ1) is 29.5. The monoisotopic (exact) mass is 563 g/mol. The second kappa shape index (κ2) is 12.3. The van der Waals surface area contributed by atoms with Crippen LogP contribution in [0.5, 0.6) is 17.2 Å². The van der Waals surface area contributed by atoms with Gasteiger partial charge < -0.3 is 9.47 Å². The predicted molar refractivity (Wildman–Crippen MR) is 128 cm³/mol. The molecule has 0 amide bonds. The first-order valence-corrected chi connectivity index (χ1v) is 13.5. The van der Waals surface area contributed by atoms with Crippen molar-refractivity contribution in [2.75, 3.05) is 0 Å². The summed E-state index contributed by atoms with van der Waals surface area (Å²) >= 11 is 0. The van der Waals surface area contributed by atoms with Gasteiger partial charge in [0.05, 0.1) is 6.07 Å². The van der Waals surface area contributed by atoms with Crippen LogP contribution < -0.4 is 9.47 Å². The van der Waals surface area contributed by atoms with E-state index in [0.717, 1.165) is 31.6 Å². The number of unbranched alkanes of at least 4 members (excludes halogenated alkanes) is 1. The molecule has 2 aromatic carbocycles. The van der Waals surface area contributed by atoms with Gasteiger partial charge in [0.1, 0.15) is 5.75 Å². The van der Waals surface area contributed by atoms with Gasteiger partial charge in [-0.1, -0.05) is 39.0 Å². The second-order valence-corrected chi connectivity index (χ2v) is 10.7. The lowest BCUT2D eigenvalue weighted by Gasteiger charge is -2.38. The van der Waals surface area contributed by atoms with Crippen molar-refractivity contribution in [3.8, 4) is 17.2 Å². The fraction of sp³-hybridized carbons (Fsp3) is 0.586. The van der Waals surface area contributed by atoms with Crippen molar-refractivity contribution in [3.63, 3.8) is 0 Å². The molecule has 2 aliphatic carbocycles. The molecule has 1 radical (unpaired) electrons.